The molecule has 2 nitrogen and oxygen atoms in total. The molecule has 3 fully saturated rings. The first-order chi connectivity index (χ1) is 6.83. The molecule has 1 N–H and O–H groups in total. The maximum atomic E-state index is 3.55. The van der Waals surface area contributed by atoms with Crippen molar-refractivity contribution in [3.05, 3.63) is 0 Å². The van der Waals surface area contributed by atoms with Gasteiger partial charge in [-0.05, 0) is 51.5 Å². The highest BCUT2D eigenvalue weighted by atomic mass is 15.2. The number of likely N-dealkylation sites (tertiary alicyclic amines) is 1. The van der Waals surface area contributed by atoms with Crippen molar-refractivity contribution in [2.24, 2.45) is 5.92 Å². The molecular weight excluding hydrogens is 172 g/mol. The maximum Gasteiger partial charge on any atom is 0.0125 e. The minimum atomic E-state index is 0.743. The van der Waals surface area contributed by atoms with E-state index in [0.29, 0.717) is 0 Å². The summed E-state index contributed by atoms with van der Waals surface area (Å²) < 4.78 is 0. The molecule has 14 heavy (non-hydrogen) atoms. The Hall–Kier alpha value is -0.0800. The van der Waals surface area contributed by atoms with Crippen LogP contribution in [0.4, 0.5) is 0 Å². The van der Waals surface area contributed by atoms with Gasteiger partial charge < -0.3 is 5.32 Å². The zero-order valence-electron chi connectivity index (χ0n) is 9.21. The van der Waals surface area contributed by atoms with Crippen LogP contribution < -0.4 is 5.32 Å². The molecule has 80 valence electrons. The van der Waals surface area contributed by atoms with Crippen molar-refractivity contribution in [2.45, 2.75) is 57.2 Å². The van der Waals surface area contributed by atoms with Gasteiger partial charge in [0.15, 0.2) is 0 Å². The van der Waals surface area contributed by atoms with Gasteiger partial charge in [-0.2, -0.15) is 0 Å². The van der Waals surface area contributed by atoms with E-state index in [4.69, 9.17) is 0 Å². The summed E-state index contributed by atoms with van der Waals surface area (Å²) in [5, 5.41) is 3.55. The summed E-state index contributed by atoms with van der Waals surface area (Å²) in [6.45, 7) is 4.99. The van der Waals surface area contributed by atoms with Crippen LogP contribution >= 0.6 is 0 Å². The fraction of sp³-hybridized carbons (Fsp3) is 1.00. The van der Waals surface area contributed by atoms with Crippen LogP contribution in [0.2, 0.25) is 0 Å². The largest absolute Gasteiger partial charge is 0.314 e. The van der Waals surface area contributed by atoms with Crippen molar-refractivity contribution in [3.8, 4) is 0 Å². The summed E-state index contributed by atoms with van der Waals surface area (Å²) in [6.07, 6.45) is 7.28. The van der Waals surface area contributed by atoms with E-state index in [2.05, 4.69) is 17.1 Å². The van der Waals surface area contributed by atoms with E-state index >= 15 is 0 Å². The average Bonchev–Trinajstić information content (AvgIpc) is 2.78. The van der Waals surface area contributed by atoms with Crippen LogP contribution in [0.3, 0.4) is 0 Å². The maximum absolute atomic E-state index is 3.55. The van der Waals surface area contributed by atoms with Gasteiger partial charge in [0.05, 0.1) is 0 Å². The Balaban J connectivity index is 1.65. The van der Waals surface area contributed by atoms with Crippen molar-refractivity contribution < 1.29 is 0 Å². The van der Waals surface area contributed by atoms with Crippen LogP contribution in [0.15, 0.2) is 0 Å². The Bertz CT molecular complexity index is 216. The summed E-state index contributed by atoms with van der Waals surface area (Å²) in [4.78, 5) is 2.84. The van der Waals surface area contributed by atoms with Crippen molar-refractivity contribution in [1.29, 1.82) is 0 Å². The third-order valence-electron chi connectivity index (χ3n) is 4.52. The normalized spacial score (nSPS) is 48.6. The molecule has 4 unspecified atom stereocenters. The lowest BCUT2D eigenvalue weighted by Crippen LogP contribution is -2.49. The quantitative estimate of drug-likeness (QED) is 0.682. The van der Waals surface area contributed by atoms with Crippen molar-refractivity contribution in [1.82, 2.24) is 10.2 Å². The molecule has 4 atom stereocenters. The molecule has 3 aliphatic rings. The van der Waals surface area contributed by atoms with Crippen molar-refractivity contribution in [2.75, 3.05) is 13.1 Å². The second kappa shape index (κ2) is 3.49. The highest BCUT2D eigenvalue weighted by molar-refractivity contribution is 4.96. The fourth-order valence-corrected chi connectivity index (χ4v) is 3.82. The standard InChI is InChI=1S/C12H22N2/c1-9-6-12(4-5-13-9)14-8-10-2-3-11(14)7-10/h9-13H,2-8H2,1H3. The van der Waals surface area contributed by atoms with E-state index in [1.54, 1.807) is 0 Å². The Morgan fingerprint density at radius 3 is 2.57 bits per heavy atom. The third-order valence-corrected chi connectivity index (χ3v) is 4.52. The zero-order chi connectivity index (χ0) is 9.54. The van der Waals surface area contributed by atoms with E-state index in [9.17, 15) is 0 Å². The van der Waals surface area contributed by atoms with E-state index < -0.39 is 0 Å². The lowest BCUT2D eigenvalue weighted by atomic mass is 9.97. The van der Waals surface area contributed by atoms with E-state index in [1.807, 2.05) is 0 Å². The summed E-state index contributed by atoms with van der Waals surface area (Å²) in [5.74, 6) is 1.06. The number of nitrogens with zero attached hydrogens (tertiary/aromatic N) is 1. The number of fused-ring (bicyclic) bond motifs is 2. The summed E-state index contributed by atoms with van der Waals surface area (Å²) in [6, 6.07) is 2.62. The van der Waals surface area contributed by atoms with Gasteiger partial charge in [0, 0.05) is 24.7 Å². The number of piperidine rings is 2. The topological polar surface area (TPSA) is 15.3 Å². The predicted octanol–water partition coefficient (Wildman–Crippen LogP) is 1.61. The van der Waals surface area contributed by atoms with Crippen LogP contribution in [-0.4, -0.2) is 36.1 Å². The van der Waals surface area contributed by atoms with Crippen LogP contribution in [-0.2, 0) is 0 Å². The number of hydrogen-bond donors (Lipinski definition) is 1. The molecule has 2 aliphatic heterocycles. The first-order valence-electron chi connectivity index (χ1n) is 6.32. The molecule has 0 aromatic heterocycles. The smallest absolute Gasteiger partial charge is 0.0125 e. The third kappa shape index (κ3) is 1.49. The van der Waals surface area contributed by atoms with Crippen LogP contribution in [0.5, 0.6) is 0 Å². The molecule has 0 amide bonds. The Morgan fingerprint density at radius 1 is 1.07 bits per heavy atom. The minimum absolute atomic E-state index is 0.743. The summed E-state index contributed by atoms with van der Waals surface area (Å²) in [7, 11) is 0. The molecule has 0 radical (unpaired) electrons. The molecular formula is C12H22N2. The molecule has 2 saturated heterocycles. The molecule has 2 heteroatoms. The molecule has 0 spiro atoms. The van der Waals surface area contributed by atoms with Gasteiger partial charge in [0.2, 0.25) is 0 Å². The molecule has 1 saturated carbocycles. The van der Waals surface area contributed by atoms with Gasteiger partial charge in [-0.15, -0.1) is 0 Å². The molecule has 3 rings (SSSR count). The Morgan fingerprint density at radius 2 is 1.93 bits per heavy atom. The number of hydrogen-bond acceptors (Lipinski definition) is 2. The lowest BCUT2D eigenvalue weighted by Gasteiger charge is -2.39. The number of nitrogens with one attached hydrogen (secondary N) is 1. The Kier molecular flexibility index (Phi) is 2.29. The first kappa shape index (κ1) is 9.17. The van der Waals surface area contributed by atoms with Crippen LogP contribution in [0.25, 0.3) is 0 Å². The average molecular weight is 194 g/mol. The lowest BCUT2D eigenvalue weighted by molar-refractivity contribution is 0.112. The summed E-state index contributed by atoms with van der Waals surface area (Å²) in [5.41, 5.74) is 0. The molecule has 0 aromatic rings. The highest BCUT2D eigenvalue weighted by Crippen LogP contribution is 2.40. The monoisotopic (exact) mass is 194 g/mol. The van der Waals surface area contributed by atoms with E-state index in [1.165, 1.54) is 45.2 Å². The van der Waals surface area contributed by atoms with Gasteiger partial charge in [0.1, 0.15) is 0 Å². The van der Waals surface area contributed by atoms with Crippen molar-refractivity contribution in [3.63, 3.8) is 0 Å². The first-order valence-corrected chi connectivity index (χ1v) is 6.32. The fourth-order valence-electron chi connectivity index (χ4n) is 3.82. The van der Waals surface area contributed by atoms with Crippen LogP contribution in [0, 0.1) is 5.92 Å². The van der Waals surface area contributed by atoms with Gasteiger partial charge in [0.25, 0.3) is 0 Å². The second-order valence-electron chi connectivity index (χ2n) is 5.56. The van der Waals surface area contributed by atoms with E-state index in [-0.39, 0.29) is 0 Å². The molecule has 0 aromatic carbocycles. The molecule has 2 bridgehead atoms. The Labute approximate surface area is 87.0 Å². The van der Waals surface area contributed by atoms with Gasteiger partial charge in [-0.3, -0.25) is 4.90 Å². The second-order valence-corrected chi connectivity index (χ2v) is 5.56. The molecule has 2 heterocycles. The zero-order valence-corrected chi connectivity index (χ0v) is 9.21. The van der Waals surface area contributed by atoms with Gasteiger partial charge in [-0.1, -0.05) is 0 Å². The van der Waals surface area contributed by atoms with Gasteiger partial charge >= 0.3 is 0 Å². The highest BCUT2D eigenvalue weighted by Gasteiger charge is 2.41. The number of rotatable bonds is 1. The molecule has 1 aliphatic carbocycles. The predicted molar refractivity (Wildman–Crippen MR) is 58.3 cm³/mol. The van der Waals surface area contributed by atoms with Crippen molar-refractivity contribution >= 4 is 0 Å². The SMILES string of the molecule is CC1CC(N2CC3CCC2C3)CCN1. The minimum Gasteiger partial charge on any atom is -0.314 e. The van der Waals surface area contributed by atoms with E-state index in [0.717, 1.165) is 24.0 Å². The van der Waals surface area contributed by atoms with Crippen LogP contribution in [0.1, 0.15) is 39.0 Å². The van der Waals surface area contributed by atoms with Gasteiger partial charge in [-0.25, -0.2) is 0 Å². The summed E-state index contributed by atoms with van der Waals surface area (Å²) >= 11 is 0.